The van der Waals surface area contributed by atoms with E-state index in [1.165, 1.54) is 28.8 Å². The number of aliphatic hydroxyl groups is 1. The number of carbonyl (C=O) groups excluding carboxylic acids is 2. The second kappa shape index (κ2) is 12.4. The highest BCUT2D eigenvalue weighted by atomic mass is 35.5. The van der Waals surface area contributed by atoms with Crippen molar-refractivity contribution in [3.05, 3.63) is 105 Å². The van der Waals surface area contributed by atoms with Gasteiger partial charge in [-0.05, 0) is 54.3 Å². The predicted octanol–water partition coefficient (Wildman–Crippen LogP) is 7.35. The number of hydrogen-bond acceptors (Lipinski definition) is 8. The number of anilines is 1. The van der Waals surface area contributed by atoms with Gasteiger partial charge in [0.15, 0.2) is 4.34 Å². The first-order valence-electron chi connectivity index (χ1n) is 12.8. The molecule has 210 valence electrons. The maximum Gasteiger partial charge on any atom is 0.301 e. The highest BCUT2D eigenvalue weighted by Gasteiger charge is 2.48. The van der Waals surface area contributed by atoms with E-state index in [-0.39, 0.29) is 16.3 Å². The summed E-state index contributed by atoms with van der Waals surface area (Å²) in [7, 11) is 0. The number of Topliss-reactive ketones (excluding diaryl/α,β-unsaturated/α-hetero) is 1. The Morgan fingerprint density at radius 2 is 1.88 bits per heavy atom. The zero-order valence-electron chi connectivity index (χ0n) is 22.1. The molecule has 0 saturated carbocycles. The molecular weight excluding hydrogens is 585 g/mol. The third-order valence-electron chi connectivity index (χ3n) is 6.47. The van der Waals surface area contributed by atoms with Crippen molar-refractivity contribution in [2.45, 2.75) is 36.4 Å². The van der Waals surface area contributed by atoms with Crippen molar-refractivity contribution in [1.29, 1.82) is 0 Å². The molecule has 0 aliphatic carbocycles. The van der Waals surface area contributed by atoms with Crippen molar-refractivity contribution in [2.24, 2.45) is 0 Å². The number of ketones is 1. The predicted molar refractivity (Wildman–Crippen MR) is 159 cm³/mol. The Morgan fingerprint density at radius 3 is 2.59 bits per heavy atom. The Morgan fingerprint density at radius 1 is 1.12 bits per heavy atom. The minimum absolute atomic E-state index is 0.0900. The molecule has 1 aliphatic heterocycles. The Hall–Kier alpha value is -3.73. The first-order chi connectivity index (χ1) is 19.8. The summed E-state index contributed by atoms with van der Waals surface area (Å²) in [6.07, 6.45) is 0.836. The van der Waals surface area contributed by atoms with Gasteiger partial charge in [0, 0.05) is 16.3 Å². The lowest BCUT2D eigenvalue weighted by atomic mass is 9.95. The summed E-state index contributed by atoms with van der Waals surface area (Å²) < 4.78 is 20.7. The van der Waals surface area contributed by atoms with Crippen molar-refractivity contribution >= 4 is 57.3 Å². The lowest BCUT2D eigenvalue weighted by Crippen LogP contribution is -2.29. The standard InChI is InChI=1S/C30H25ClFN3O4S2/c1-3-14-39-21-12-10-18(11-13-21)25-24(26(36)19-9-8-17(2)23(32)15-19)27(37)28(38)35(25)29-33-34-30(41-29)40-16-20-6-4-5-7-22(20)31/h4-13,15,25,36H,3,14,16H2,1-2H3/b26-24-. The van der Waals surface area contributed by atoms with E-state index in [0.717, 1.165) is 29.4 Å². The van der Waals surface area contributed by atoms with E-state index in [0.29, 0.717) is 38.6 Å². The van der Waals surface area contributed by atoms with Gasteiger partial charge in [-0.25, -0.2) is 4.39 Å². The van der Waals surface area contributed by atoms with Crippen LogP contribution in [0.5, 0.6) is 5.75 Å². The average molecular weight is 610 g/mol. The van der Waals surface area contributed by atoms with Crippen LogP contribution < -0.4 is 9.64 Å². The molecule has 7 nitrogen and oxygen atoms in total. The Kier molecular flexibility index (Phi) is 8.72. The molecule has 41 heavy (non-hydrogen) atoms. The summed E-state index contributed by atoms with van der Waals surface area (Å²) in [6, 6.07) is 17.5. The van der Waals surface area contributed by atoms with E-state index < -0.39 is 29.3 Å². The van der Waals surface area contributed by atoms with Crippen LogP contribution in [0.1, 0.15) is 41.6 Å². The minimum atomic E-state index is -1.02. The summed E-state index contributed by atoms with van der Waals surface area (Å²) >= 11 is 8.83. The molecule has 0 radical (unpaired) electrons. The number of nitrogens with zero attached hydrogens (tertiary/aromatic N) is 3. The smallest absolute Gasteiger partial charge is 0.301 e. The fraction of sp³-hybridized carbons (Fsp3) is 0.200. The number of carbonyl (C=O) groups is 2. The van der Waals surface area contributed by atoms with Crippen molar-refractivity contribution in [1.82, 2.24) is 10.2 Å². The lowest BCUT2D eigenvalue weighted by Gasteiger charge is -2.22. The van der Waals surface area contributed by atoms with Gasteiger partial charge >= 0.3 is 5.91 Å². The molecule has 1 unspecified atom stereocenters. The fourth-order valence-electron chi connectivity index (χ4n) is 4.32. The fourth-order valence-corrected chi connectivity index (χ4v) is 6.47. The van der Waals surface area contributed by atoms with Crippen LogP contribution in [-0.4, -0.2) is 33.6 Å². The number of hydrogen-bond donors (Lipinski definition) is 1. The van der Waals surface area contributed by atoms with Gasteiger partial charge in [0.2, 0.25) is 5.13 Å². The number of amides is 1. The van der Waals surface area contributed by atoms with Crippen LogP contribution in [0, 0.1) is 12.7 Å². The minimum Gasteiger partial charge on any atom is -0.507 e. The highest BCUT2D eigenvalue weighted by Crippen LogP contribution is 2.44. The molecule has 1 fully saturated rings. The molecule has 4 aromatic rings. The Balaban J connectivity index is 1.54. The third kappa shape index (κ3) is 6.00. The maximum atomic E-state index is 14.4. The van der Waals surface area contributed by atoms with E-state index in [1.54, 1.807) is 37.3 Å². The van der Waals surface area contributed by atoms with Gasteiger partial charge < -0.3 is 9.84 Å². The van der Waals surface area contributed by atoms with Gasteiger partial charge in [-0.1, -0.05) is 84.1 Å². The van der Waals surface area contributed by atoms with Crippen LogP contribution in [0.3, 0.4) is 0 Å². The van der Waals surface area contributed by atoms with E-state index in [1.807, 2.05) is 25.1 Å². The van der Waals surface area contributed by atoms with Gasteiger partial charge in [-0.3, -0.25) is 14.5 Å². The Bertz CT molecular complexity index is 1640. The van der Waals surface area contributed by atoms with Gasteiger partial charge in [0.05, 0.1) is 18.2 Å². The van der Waals surface area contributed by atoms with Gasteiger partial charge in [-0.15, -0.1) is 10.2 Å². The van der Waals surface area contributed by atoms with Crippen LogP contribution in [0.15, 0.2) is 76.6 Å². The monoisotopic (exact) mass is 609 g/mol. The summed E-state index contributed by atoms with van der Waals surface area (Å²) in [4.78, 5) is 28.1. The van der Waals surface area contributed by atoms with Crippen LogP contribution in [0.4, 0.5) is 9.52 Å². The number of rotatable bonds is 9. The van der Waals surface area contributed by atoms with Crippen LogP contribution >= 0.6 is 34.7 Å². The molecule has 1 saturated heterocycles. The number of ether oxygens (including phenoxy) is 1. The molecule has 3 aromatic carbocycles. The number of aryl methyl sites for hydroxylation is 1. The van der Waals surface area contributed by atoms with Crippen molar-refractivity contribution in [3.63, 3.8) is 0 Å². The summed E-state index contributed by atoms with van der Waals surface area (Å²) in [6.45, 7) is 4.13. The van der Waals surface area contributed by atoms with Crippen molar-refractivity contribution in [2.75, 3.05) is 11.5 Å². The zero-order valence-corrected chi connectivity index (χ0v) is 24.5. The van der Waals surface area contributed by atoms with Gasteiger partial charge in [0.1, 0.15) is 17.3 Å². The molecule has 1 aliphatic rings. The molecule has 2 heterocycles. The van der Waals surface area contributed by atoms with Crippen molar-refractivity contribution < 1.29 is 23.8 Å². The Labute approximate surface area is 249 Å². The molecule has 5 rings (SSSR count). The van der Waals surface area contributed by atoms with Crippen molar-refractivity contribution in [3.8, 4) is 5.75 Å². The largest absolute Gasteiger partial charge is 0.507 e. The molecule has 11 heteroatoms. The first kappa shape index (κ1) is 28.8. The van der Waals surface area contributed by atoms with Crippen LogP contribution in [-0.2, 0) is 15.3 Å². The first-order valence-corrected chi connectivity index (χ1v) is 15.0. The van der Waals surface area contributed by atoms with E-state index in [4.69, 9.17) is 16.3 Å². The van der Waals surface area contributed by atoms with E-state index in [2.05, 4.69) is 10.2 Å². The number of benzene rings is 3. The third-order valence-corrected chi connectivity index (χ3v) is 8.94. The normalized spacial score (nSPS) is 16.4. The second-order valence-electron chi connectivity index (χ2n) is 9.28. The maximum absolute atomic E-state index is 14.4. The number of aliphatic hydroxyl groups excluding tert-OH is 1. The van der Waals surface area contributed by atoms with Gasteiger partial charge in [-0.2, -0.15) is 0 Å². The molecule has 1 N–H and O–H groups in total. The van der Waals surface area contributed by atoms with Crippen LogP contribution in [0.25, 0.3) is 5.76 Å². The van der Waals surface area contributed by atoms with E-state index in [9.17, 15) is 19.1 Å². The number of thioether (sulfide) groups is 1. The molecule has 1 amide bonds. The highest BCUT2D eigenvalue weighted by molar-refractivity contribution is 8.00. The number of aromatic nitrogens is 2. The quantitative estimate of drug-likeness (QED) is 0.0697. The SMILES string of the molecule is CCCOc1ccc(C2/C(=C(/O)c3ccc(C)c(F)c3)C(=O)C(=O)N2c2nnc(SCc3ccccc3Cl)s2)cc1. The summed E-state index contributed by atoms with van der Waals surface area (Å²) in [5, 5.41) is 20.5. The molecule has 1 atom stereocenters. The van der Waals surface area contributed by atoms with E-state index >= 15 is 0 Å². The molecule has 0 spiro atoms. The lowest BCUT2D eigenvalue weighted by molar-refractivity contribution is -0.132. The van der Waals surface area contributed by atoms with Gasteiger partial charge in [0.25, 0.3) is 5.78 Å². The van der Waals surface area contributed by atoms with Crippen LogP contribution in [0.2, 0.25) is 5.02 Å². The molecule has 1 aromatic heterocycles. The topological polar surface area (TPSA) is 92.6 Å². The number of halogens is 2. The second-order valence-corrected chi connectivity index (χ2v) is 11.9. The zero-order chi connectivity index (χ0) is 29.1. The average Bonchev–Trinajstić information content (AvgIpc) is 3.54. The molecule has 0 bridgehead atoms. The molecular formula is C30H25ClFN3O4S2. The summed E-state index contributed by atoms with van der Waals surface area (Å²) in [5.41, 5.74) is 1.78. The summed E-state index contributed by atoms with van der Waals surface area (Å²) in [5.74, 6) is -1.62.